The van der Waals surface area contributed by atoms with E-state index >= 15 is 0 Å². The van der Waals surface area contributed by atoms with Gasteiger partial charge in [0.15, 0.2) is 0 Å². The van der Waals surface area contributed by atoms with Crippen LogP contribution in [0.1, 0.15) is 17.5 Å². The van der Waals surface area contributed by atoms with Crippen LogP contribution in [0, 0.1) is 13.8 Å². The zero-order valence-corrected chi connectivity index (χ0v) is 10.5. The SMILES string of the molecule is COC(=O)C(N)CCOc1ccc(C)c(C)c1. The maximum Gasteiger partial charge on any atom is 0.322 e. The van der Waals surface area contributed by atoms with E-state index < -0.39 is 12.0 Å². The molecule has 0 saturated heterocycles. The smallest absolute Gasteiger partial charge is 0.322 e. The molecule has 1 aromatic rings. The van der Waals surface area contributed by atoms with Gasteiger partial charge in [-0.15, -0.1) is 0 Å². The maximum absolute atomic E-state index is 11.1. The van der Waals surface area contributed by atoms with Gasteiger partial charge < -0.3 is 15.2 Å². The van der Waals surface area contributed by atoms with Gasteiger partial charge in [-0.05, 0) is 37.1 Å². The number of nitrogens with two attached hydrogens (primary N) is 1. The van der Waals surface area contributed by atoms with E-state index in [0.717, 1.165) is 5.75 Å². The number of hydrogen-bond acceptors (Lipinski definition) is 4. The second-order valence-corrected chi connectivity index (χ2v) is 4.01. The molecule has 0 spiro atoms. The highest BCUT2D eigenvalue weighted by Gasteiger charge is 2.13. The molecular formula is C13H19NO3. The molecule has 0 radical (unpaired) electrons. The molecule has 2 N–H and O–H groups in total. The zero-order chi connectivity index (χ0) is 12.8. The van der Waals surface area contributed by atoms with Crippen molar-refractivity contribution in [2.75, 3.05) is 13.7 Å². The van der Waals surface area contributed by atoms with Gasteiger partial charge in [-0.2, -0.15) is 0 Å². The van der Waals surface area contributed by atoms with Crippen LogP contribution >= 0.6 is 0 Å². The number of carbonyl (C=O) groups is 1. The average Bonchev–Trinajstić information content (AvgIpc) is 2.32. The van der Waals surface area contributed by atoms with Gasteiger partial charge in [0.1, 0.15) is 11.8 Å². The van der Waals surface area contributed by atoms with Crippen LogP contribution in [0.4, 0.5) is 0 Å². The average molecular weight is 237 g/mol. The van der Waals surface area contributed by atoms with Gasteiger partial charge in [0.05, 0.1) is 13.7 Å². The van der Waals surface area contributed by atoms with Crippen LogP contribution in [0.2, 0.25) is 0 Å². The highest BCUT2D eigenvalue weighted by Crippen LogP contribution is 2.16. The van der Waals surface area contributed by atoms with Crippen molar-refractivity contribution in [2.24, 2.45) is 5.73 Å². The number of carbonyl (C=O) groups excluding carboxylic acids is 1. The van der Waals surface area contributed by atoms with Gasteiger partial charge in [-0.3, -0.25) is 4.79 Å². The molecule has 0 heterocycles. The van der Waals surface area contributed by atoms with Crippen LogP contribution in [0.15, 0.2) is 18.2 Å². The third-order valence-corrected chi connectivity index (χ3v) is 2.68. The molecule has 0 aromatic heterocycles. The van der Waals surface area contributed by atoms with Crippen molar-refractivity contribution < 1.29 is 14.3 Å². The quantitative estimate of drug-likeness (QED) is 0.790. The molecule has 0 amide bonds. The summed E-state index contributed by atoms with van der Waals surface area (Å²) in [4.78, 5) is 11.1. The number of hydrogen-bond donors (Lipinski definition) is 1. The molecule has 94 valence electrons. The number of rotatable bonds is 5. The minimum absolute atomic E-state index is 0.402. The second kappa shape index (κ2) is 6.25. The summed E-state index contributed by atoms with van der Waals surface area (Å²) in [6, 6.07) is 5.27. The van der Waals surface area contributed by atoms with Crippen LogP contribution in [-0.4, -0.2) is 25.7 Å². The molecule has 4 nitrogen and oxygen atoms in total. The fourth-order valence-electron chi connectivity index (χ4n) is 1.38. The molecule has 1 aromatic carbocycles. The first kappa shape index (κ1) is 13.5. The molecule has 0 saturated carbocycles. The van der Waals surface area contributed by atoms with E-state index in [1.807, 2.05) is 32.0 Å². The van der Waals surface area contributed by atoms with Crippen molar-refractivity contribution in [2.45, 2.75) is 26.3 Å². The van der Waals surface area contributed by atoms with Crippen LogP contribution in [-0.2, 0) is 9.53 Å². The lowest BCUT2D eigenvalue weighted by Crippen LogP contribution is -2.33. The first-order valence-electron chi connectivity index (χ1n) is 5.58. The summed E-state index contributed by atoms with van der Waals surface area (Å²) in [6.45, 7) is 4.48. The lowest BCUT2D eigenvalue weighted by atomic mass is 10.1. The predicted octanol–water partition coefficient (Wildman–Crippen LogP) is 1.57. The van der Waals surface area contributed by atoms with Crippen molar-refractivity contribution in [3.8, 4) is 5.75 Å². The Hall–Kier alpha value is -1.55. The van der Waals surface area contributed by atoms with Crippen molar-refractivity contribution in [3.05, 3.63) is 29.3 Å². The van der Waals surface area contributed by atoms with Gasteiger partial charge in [0.2, 0.25) is 0 Å². The van der Waals surface area contributed by atoms with Crippen LogP contribution in [0.3, 0.4) is 0 Å². The summed E-state index contributed by atoms with van der Waals surface area (Å²) >= 11 is 0. The van der Waals surface area contributed by atoms with Crippen LogP contribution < -0.4 is 10.5 Å². The van der Waals surface area contributed by atoms with E-state index in [9.17, 15) is 4.79 Å². The number of methoxy groups -OCH3 is 1. The molecule has 0 aliphatic rings. The largest absolute Gasteiger partial charge is 0.494 e. The molecule has 17 heavy (non-hydrogen) atoms. The Labute approximate surface area is 102 Å². The van der Waals surface area contributed by atoms with Crippen molar-refractivity contribution in [1.29, 1.82) is 0 Å². The molecule has 0 aliphatic carbocycles. The standard InChI is InChI=1S/C13H19NO3/c1-9-4-5-11(8-10(9)2)17-7-6-12(14)13(15)16-3/h4-5,8,12H,6-7,14H2,1-3H3. The third-order valence-electron chi connectivity index (χ3n) is 2.68. The number of benzene rings is 1. The minimum Gasteiger partial charge on any atom is -0.494 e. The van der Waals surface area contributed by atoms with Gasteiger partial charge in [0, 0.05) is 6.42 Å². The Balaban J connectivity index is 2.40. The van der Waals surface area contributed by atoms with E-state index in [2.05, 4.69) is 4.74 Å². The monoisotopic (exact) mass is 237 g/mol. The summed E-state index contributed by atoms with van der Waals surface area (Å²) in [6.07, 6.45) is 0.444. The van der Waals surface area contributed by atoms with Gasteiger partial charge in [-0.25, -0.2) is 0 Å². The third kappa shape index (κ3) is 4.07. The van der Waals surface area contributed by atoms with Gasteiger partial charge >= 0.3 is 5.97 Å². The summed E-state index contributed by atoms with van der Waals surface area (Å²) in [5.74, 6) is 0.388. The van der Waals surface area contributed by atoms with E-state index in [4.69, 9.17) is 10.5 Å². The van der Waals surface area contributed by atoms with Crippen molar-refractivity contribution in [1.82, 2.24) is 0 Å². The van der Waals surface area contributed by atoms with Gasteiger partial charge in [0.25, 0.3) is 0 Å². The summed E-state index contributed by atoms with van der Waals surface area (Å²) in [7, 11) is 1.33. The Morgan fingerprint density at radius 3 is 2.65 bits per heavy atom. The molecule has 0 fully saturated rings. The lowest BCUT2D eigenvalue weighted by molar-refractivity contribution is -0.142. The summed E-state index contributed by atoms with van der Waals surface area (Å²) in [5, 5.41) is 0. The molecule has 4 heteroatoms. The number of aryl methyl sites for hydroxylation is 2. The number of esters is 1. The second-order valence-electron chi connectivity index (χ2n) is 4.01. The van der Waals surface area contributed by atoms with E-state index in [1.54, 1.807) is 0 Å². The predicted molar refractivity (Wildman–Crippen MR) is 66.0 cm³/mol. The topological polar surface area (TPSA) is 61.5 Å². The normalized spacial score (nSPS) is 12.0. The Morgan fingerprint density at radius 2 is 2.06 bits per heavy atom. The van der Waals surface area contributed by atoms with Crippen LogP contribution in [0.25, 0.3) is 0 Å². The fraction of sp³-hybridized carbons (Fsp3) is 0.462. The molecule has 1 unspecified atom stereocenters. The highest BCUT2D eigenvalue weighted by molar-refractivity contribution is 5.75. The molecule has 0 aliphatic heterocycles. The molecule has 1 rings (SSSR count). The highest BCUT2D eigenvalue weighted by atomic mass is 16.5. The van der Waals surface area contributed by atoms with Crippen molar-refractivity contribution >= 4 is 5.97 Å². The molecule has 1 atom stereocenters. The van der Waals surface area contributed by atoms with Crippen molar-refractivity contribution in [3.63, 3.8) is 0 Å². The Bertz CT molecular complexity index is 390. The van der Waals surface area contributed by atoms with E-state index in [0.29, 0.717) is 13.0 Å². The Kier molecular flexibility index (Phi) is 4.97. The lowest BCUT2D eigenvalue weighted by Gasteiger charge is -2.11. The first-order chi connectivity index (χ1) is 8.04. The Morgan fingerprint density at radius 1 is 1.35 bits per heavy atom. The van der Waals surface area contributed by atoms with Crippen LogP contribution in [0.5, 0.6) is 5.75 Å². The zero-order valence-electron chi connectivity index (χ0n) is 10.5. The minimum atomic E-state index is -0.619. The fourth-order valence-corrected chi connectivity index (χ4v) is 1.38. The molecular weight excluding hydrogens is 218 g/mol. The first-order valence-corrected chi connectivity index (χ1v) is 5.58. The molecule has 0 bridgehead atoms. The van der Waals surface area contributed by atoms with E-state index in [-0.39, 0.29) is 0 Å². The number of ether oxygens (including phenoxy) is 2. The van der Waals surface area contributed by atoms with E-state index in [1.165, 1.54) is 18.2 Å². The van der Waals surface area contributed by atoms with Gasteiger partial charge in [-0.1, -0.05) is 6.07 Å². The maximum atomic E-state index is 11.1. The summed E-state index contributed by atoms with van der Waals surface area (Å²) in [5.41, 5.74) is 8.00. The summed E-state index contributed by atoms with van der Waals surface area (Å²) < 4.78 is 10.0.